The number of halogens is 1. The molecule has 0 aliphatic rings. The molecule has 0 aromatic heterocycles. The molecule has 0 fully saturated rings. The largest absolute Gasteiger partial charge is 0.246 e. The lowest BCUT2D eigenvalue weighted by Crippen LogP contribution is -1.93. The van der Waals surface area contributed by atoms with E-state index in [1.807, 2.05) is 18.2 Å². The Hall–Kier alpha value is -2.15. The predicted octanol–water partition coefficient (Wildman–Crippen LogP) is 7.01. The topological polar surface area (TPSA) is 0 Å². The normalized spacial score (nSPS) is 13.9. The molecule has 0 amide bonds. The zero-order valence-electron chi connectivity index (χ0n) is 15.1. The number of aryl methyl sites for hydroxylation is 1. The Bertz CT molecular complexity index is 703. The molecule has 0 aliphatic carbocycles. The molecule has 2 aromatic carbocycles. The maximum absolute atomic E-state index is 13.4. The molecule has 0 nitrogen and oxygen atoms in total. The van der Waals surface area contributed by atoms with Gasteiger partial charge >= 0.3 is 0 Å². The van der Waals surface area contributed by atoms with Crippen LogP contribution in [-0.4, -0.2) is 6.67 Å². The van der Waals surface area contributed by atoms with Gasteiger partial charge < -0.3 is 0 Å². The van der Waals surface area contributed by atoms with Crippen molar-refractivity contribution in [1.29, 1.82) is 0 Å². The van der Waals surface area contributed by atoms with Gasteiger partial charge in [-0.1, -0.05) is 85.7 Å². The lowest BCUT2D eigenvalue weighted by molar-refractivity contribution is 0.571. The van der Waals surface area contributed by atoms with Crippen LogP contribution in [0.3, 0.4) is 0 Å². The fraction of sp³-hybridized carbons (Fsp3) is 0.304. The van der Waals surface area contributed by atoms with Crippen molar-refractivity contribution in [1.82, 2.24) is 0 Å². The first kappa shape index (κ1) is 18.2. The number of alkyl halides is 1. The molecule has 0 aliphatic heterocycles. The van der Waals surface area contributed by atoms with Crippen LogP contribution >= 0.6 is 0 Å². The summed E-state index contributed by atoms with van der Waals surface area (Å²) in [6.07, 6.45) is 5.08. The summed E-state index contributed by atoms with van der Waals surface area (Å²) < 4.78 is 13.4. The minimum Gasteiger partial charge on any atom is -0.246 e. The number of hydrogen-bond acceptors (Lipinski definition) is 0. The molecule has 0 spiro atoms. The molecule has 0 radical (unpaired) electrons. The third-order valence-corrected chi connectivity index (χ3v) is 4.72. The van der Waals surface area contributed by atoms with E-state index in [2.05, 4.69) is 70.2 Å². The van der Waals surface area contributed by atoms with E-state index in [-0.39, 0.29) is 0 Å². The summed E-state index contributed by atoms with van der Waals surface area (Å²) in [6, 6.07) is 16.6. The Morgan fingerprint density at radius 3 is 2.00 bits per heavy atom. The van der Waals surface area contributed by atoms with Crippen molar-refractivity contribution in [2.24, 2.45) is 5.92 Å². The van der Waals surface area contributed by atoms with Gasteiger partial charge in [0.05, 0.1) is 0 Å². The van der Waals surface area contributed by atoms with Crippen LogP contribution in [-0.2, 0) is 0 Å². The molecule has 0 bridgehead atoms. The fourth-order valence-electron chi connectivity index (χ4n) is 2.56. The van der Waals surface area contributed by atoms with Crippen molar-refractivity contribution in [3.63, 3.8) is 0 Å². The van der Waals surface area contributed by atoms with Crippen molar-refractivity contribution >= 4 is 5.57 Å². The van der Waals surface area contributed by atoms with Crippen LogP contribution in [0.15, 0.2) is 66.3 Å². The summed E-state index contributed by atoms with van der Waals surface area (Å²) in [6.45, 7) is 8.12. The lowest BCUT2D eigenvalue weighted by atomic mass is 9.97. The average molecular weight is 322 g/mol. The van der Waals surface area contributed by atoms with E-state index < -0.39 is 6.67 Å². The van der Waals surface area contributed by atoms with Gasteiger partial charge in [-0.15, -0.1) is 0 Å². The van der Waals surface area contributed by atoms with Crippen LogP contribution in [0, 0.1) is 12.8 Å². The molecule has 1 atom stereocenters. The van der Waals surface area contributed by atoms with Crippen LogP contribution in [0.4, 0.5) is 4.39 Å². The van der Waals surface area contributed by atoms with Gasteiger partial charge in [-0.2, -0.15) is 0 Å². The maximum atomic E-state index is 13.4. The van der Waals surface area contributed by atoms with Gasteiger partial charge in [0, 0.05) is 0 Å². The van der Waals surface area contributed by atoms with Crippen LogP contribution < -0.4 is 0 Å². The van der Waals surface area contributed by atoms with Crippen molar-refractivity contribution in [2.75, 3.05) is 6.67 Å². The molecule has 1 unspecified atom stereocenters. The third kappa shape index (κ3) is 4.67. The Kier molecular flexibility index (Phi) is 6.54. The molecule has 2 rings (SSSR count). The molecule has 0 saturated carbocycles. The summed E-state index contributed by atoms with van der Waals surface area (Å²) in [7, 11) is 0. The maximum Gasteiger partial charge on any atom is 0.115 e. The summed E-state index contributed by atoms with van der Waals surface area (Å²) in [5.74, 6) is 0.533. The third-order valence-electron chi connectivity index (χ3n) is 4.72. The van der Waals surface area contributed by atoms with Crippen molar-refractivity contribution in [3.05, 3.63) is 77.4 Å². The second-order valence-corrected chi connectivity index (χ2v) is 6.49. The van der Waals surface area contributed by atoms with Gasteiger partial charge in [0.1, 0.15) is 6.67 Å². The van der Waals surface area contributed by atoms with Gasteiger partial charge in [-0.3, -0.25) is 0 Å². The Labute approximate surface area is 145 Å². The monoisotopic (exact) mass is 322 g/mol. The number of hydrogen-bond donors (Lipinski definition) is 0. The Morgan fingerprint density at radius 1 is 0.958 bits per heavy atom. The van der Waals surface area contributed by atoms with Gasteiger partial charge in [0.2, 0.25) is 0 Å². The van der Waals surface area contributed by atoms with Crippen LogP contribution in [0.25, 0.3) is 16.7 Å². The highest BCUT2D eigenvalue weighted by molar-refractivity contribution is 5.72. The smallest absolute Gasteiger partial charge is 0.115 e. The first-order valence-electron chi connectivity index (χ1n) is 8.66. The molecule has 1 heteroatoms. The van der Waals surface area contributed by atoms with E-state index in [0.717, 1.165) is 23.1 Å². The van der Waals surface area contributed by atoms with Gasteiger partial charge in [0.15, 0.2) is 0 Å². The Balaban J connectivity index is 2.23. The molecule has 126 valence electrons. The first-order valence-corrected chi connectivity index (χ1v) is 8.66. The van der Waals surface area contributed by atoms with E-state index in [9.17, 15) is 4.39 Å². The standard InChI is InChI=1S/C23H27F/c1-5-18(3)19(4)8-11-23(16-24)22-14-12-21(13-15-22)20-9-6-17(2)7-10-20/h6-15,18H,5,16H2,1-4H3/b19-8-,23-11+. The Morgan fingerprint density at radius 2 is 1.50 bits per heavy atom. The fourth-order valence-corrected chi connectivity index (χ4v) is 2.56. The summed E-state index contributed by atoms with van der Waals surface area (Å²) in [5, 5.41) is 0. The van der Waals surface area contributed by atoms with E-state index in [0.29, 0.717) is 5.92 Å². The molecule has 24 heavy (non-hydrogen) atoms. The first-order chi connectivity index (χ1) is 11.5. The summed E-state index contributed by atoms with van der Waals surface area (Å²) in [5.41, 5.74) is 6.56. The molecule has 0 N–H and O–H groups in total. The number of rotatable bonds is 6. The molecular formula is C23H27F. The van der Waals surface area contributed by atoms with Crippen LogP contribution in [0.2, 0.25) is 0 Å². The molecule has 0 saturated heterocycles. The van der Waals surface area contributed by atoms with E-state index in [1.165, 1.54) is 16.7 Å². The number of benzene rings is 2. The van der Waals surface area contributed by atoms with Crippen LogP contribution in [0.5, 0.6) is 0 Å². The van der Waals surface area contributed by atoms with Crippen LogP contribution in [0.1, 0.15) is 38.3 Å². The highest BCUT2D eigenvalue weighted by atomic mass is 19.1. The summed E-state index contributed by atoms with van der Waals surface area (Å²) in [4.78, 5) is 0. The second-order valence-electron chi connectivity index (χ2n) is 6.49. The van der Waals surface area contributed by atoms with E-state index in [4.69, 9.17) is 0 Å². The molecule has 0 heterocycles. The minimum absolute atomic E-state index is 0.450. The quantitative estimate of drug-likeness (QED) is 0.502. The van der Waals surface area contributed by atoms with Gasteiger partial charge in [-0.05, 0) is 48.4 Å². The molecular weight excluding hydrogens is 295 g/mol. The van der Waals surface area contributed by atoms with Gasteiger partial charge in [-0.25, -0.2) is 4.39 Å². The van der Waals surface area contributed by atoms with E-state index in [1.54, 1.807) is 0 Å². The van der Waals surface area contributed by atoms with Crippen molar-refractivity contribution < 1.29 is 4.39 Å². The van der Waals surface area contributed by atoms with Gasteiger partial charge in [0.25, 0.3) is 0 Å². The highest BCUT2D eigenvalue weighted by Crippen LogP contribution is 2.24. The minimum atomic E-state index is -0.450. The predicted molar refractivity (Wildman–Crippen MR) is 104 cm³/mol. The second kappa shape index (κ2) is 8.63. The highest BCUT2D eigenvalue weighted by Gasteiger charge is 2.04. The number of allylic oxidation sites excluding steroid dienone is 4. The van der Waals surface area contributed by atoms with Crippen molar-refractivity contribution in [3.8, 4) is 11.1 Å². The van der Waals surface area contributed by atoms with E-state index >= 15 is 0 Å². The lowest BCUT2D eigenvalue weighted by Gasteiger charge is -2.09. The zero-order valence-corrected chi connectivity index (χ0v) is 15.1. The SMILES string of the molecule is CCC(C)/C(C)=C\C=C(/CF)c1ccc(-c2ccc(C)cc2)cc1. The summed E-state index contributed by atoms with van der Waals surface area (Å²) >= 11 is 0. The van der Waals surface area contributed by atoms with Crippen molar-refractivity contribution in [2.45, 2.75) is 34.1 Å². The zero-order chi connectivity index (χ0) is 17.5. The average Bonchev–Trinajstić information content (AvgIpc) is 2.62. The molecule has 2 aromatic rings.